The maximum atomic E-state index is 13.3. The maximum Gasteiger partial charge on any atom is 0.408 e. The zero-order valence-corrected chi connectivity index (χ0v) is 37.2. The van der Waals surface area contributed by atoms with Crippen LogP contribution in [-0.4, -0.2) is 115 Å². The molecule has 1 aliphatic rings. The number of aliphatic hydroxyl groups excluding tert-OH is 3. The van der Waals surface area contributed by atoms with Crippen molar-refractivity contribution in [2.24, 2.45) is 0 Å². The fraction of sp³-hybridized carbons (Fsp3) is 0.605. The number of rotatable bonds is 23. The Kier molecular flexibility index (Phi) is 21.2. The smallest absolute Gasteiger partial charge is 0.408 e. The van der Waals surface area contributed by atoms with E-state index in [1.807, 2.05) is 24.3 Å². The zero-order chi connectivity index (χ0) is 45.3. The molecule has 1 heterocycles. The molecule has 3 rings (SSSR count). The van der Waals surface area contributed by atoms with Crippen LogP contribution in [0.1, 0.15) is 106 Å². The lowest BCUT2D eigenvalue weighted by Gasteiger charge is -2.41. The summed E-state index contributed by atoms with van der Waals surface area (Å²) >= 11 is 13.2. The summed E-state index contributed by atoms with van der Waals surface area (Å²) < 4.78 is 26.7. The van der Waals surface area contributed by atoms with E-state index in [4.69, 9.17) is 46.9 Å². The molecule has 6 atom stereocenters. The highest BCUT2D eigenvalue weighted by molar-refractivity contribution is 6.38. The van der Waals surface area contributed by atoms with E-state index in [2.05, 4.69) is 16.0 Å². The Morgan fingerprint density at radius 3 is 2.26 bits per heavy atom. The number of carbonyl (C=O) groups excluding carboxylic acids is 5. The summed E-state index contributed by atoms with van der Waals surface area (Å²) in [5.41, 5.74) is 1.34. The molecular formula is C43H61Cl2N3O13. The third-order valence-electron chi connectivity index (χ3n) is 9.88. The molecule has 0 bridgehead atoms. The molecular weight excluding hydrogens is 837 g/mol. The van der Waals surface area contributed by atoms with Crippen molar-refractivity contribution >= 4 is 52.9 Å². The molecule has 1 aliphatic heterocycles. The number of ether oxygens (including phenoxy) is 5. The average molecular weight is 899 g/mol. The molecule has 0 aliphatic carbocycles. The van der Waals surface area contributed by atoms with E-state index in [-0.39, 0.29) is 46.1 Å². The van der Waals surface area contributed by atoms with Gasteiger partial charge in [-0.3, -0.25) is 14.4 Å². The van der Waals surface area contributed by atoms with Gasteiger partial charge in [-0.1, -0.05) is 60.3 Å². The minimum Gasteiger partial charge on any atom is -0.486 e. The molecule has 0 radical (unpaired) electrons. The minimum atomic E-state index is -1.50. The van der Waals surface area contributed by atoms with Crippen LogP contribution in [0.15, 0.2) is 30.3 Å². The van der Waals surface area contributed by atoms with Crippen LogP contribution in [-0.2, 0) is 46.4 Å². The van der Waals surface area contributed by atoms with Gasteiger partial charge < -0.3 is 55.0 Å². The summed E-state index contributed by atoms with van der Waals surface area (Å²) in [6, 6.07) is 6.77. The number of carbonyl (C=O) groups is 5. The fourth-order valence-corrected chi connectivity index (χ4v) is 7.19. The van der Waals surface area contributed by atoms with E-state index in [9.17, 15) is 39.3 Å². The number of aliphatic hydroxyl groups is 3. The van der Waals surface area contributed by atoms with E-state index < -0.39 is 66.9 Å². The highest BCUT2D eigenvalue weighted by Gasteiger charge is 2.45. The van der Waals surface area contributed by atoms with Crippen molar-refractivity contribution in [2.75, 3.05) is 27.4 Å². The van der Waals surface area contributed by atoms with Gasteiger partial charge in [-0.25, -0.2) is 9.59 Å². The van der Waals surface area contributed by atoms with Crippen LogP contribution in [0.5, 0.6) is 5.75 Å². The molecule has 340 valence electrons. The molecule has 1 fully saturated rings. The van der Waals surface area contributed by atoms with Gasteiger partial charge in [-0.2, -0.15) is 0 Å². The Bertz CT molecular complexity index is 1790. The Balaban J connectivity index is 1.37. The van der Waals surface area contributed by atoms with E-state index in [0.717, 1.165) is 24.0 Å². The van der Waals surface area contributed by atoms with Crippen molar-refractivity contribution in [3.05, 3.63) is 62.6 Å². The van der Waals surface area contributed by atoms with Gasteiger partial charge >= 0.3 is 12.1 Å². The Morgan fingerprint density at radius 2 is 1.61 bits per heavy atom. The Hall–Kier alpha value is -4.03. The van der Waals surface area contributed by atoms with Gasteiger partial charge in [-0.15, -0.1) is 0 Å². The third kappa shape index (κ3) is 16.6. The SMILES string of the molecule is COC(=O)[C@H](CCCCNC(=O)CCCCCCC(=O)Cc1cccc(COc2c(Cl)cc(C(=O)N[C@H]3[C@@H](OC)O[C@H](CO)[C@@H](O)[C@@H]3O)c(C)c2Cl)c1)NC(=O)OC(C)(C)C. The van der Waals surface area contributed by atoms with Gasteiger partial charge in [0.05, 0.1) is 23.8 Å². The summed E-state index contributed by atoms with van der Waals surface area (Å²) in [6.07, 6.45) is -0.315. The number of halogens is 2. The standard InChI is InChI=1S/C43H61Cl2N3O13/c1-25-29(39(54)48-35-37(53)36(52)32(23-49)60-41(35)58-6)22-30(44)38(34(25)45)59-24-27-15-13-14-26(20-27)21-28(50)16-9-7-8-10-18-33(51)46-19-12-11-17-31(40(55)57-5)47-42(56)61-43(2,3)4/h13-15,20,22,31-32,35-37,41,49,52-53H,7-12,16-19,21,23-24H2,1-6H3,(H,46,51)(H,47,56)(H,48,54)/t31-,32+,35+,36+,37+,41-/m0/s1. The van der Waals surface area contributed by atoms with Crippen LogP contribution in [0.25, 0.3) is 0 Å². The summed E-state index contributed by atoms with van der Waals surface area (Å²) in [6.45, 7) is 6.75. The number of alkyl carbamates (subject to hydrolysis) is 1. The van der Waals surface area contributed by atoms with Crippen LogP contribution in [0, 0.1) is 6.92 Å². The molecule has 0 saturated carbocycles. The third-order valence-corrected chi connectivity index (χ3v) is 10.6. The number of Topliss-reactive ketones (excluding diaryl/α,β-unsaturated/α-hetero) is 1. The lowest BCUT2D eigenvalue weighted by Crippen LogP contribution is -2.64. The van der Waals surface area contributed by atoms with Gasteiger partial charge in [0.2, 0.25) is 5.91 Å². The lowest BCUT2D eigenvalue weighted by molar-refractivity contribution is -0.261. The van der Waals surface area contributed by atoms with E-state index in [1.165, 1.54) is 20.3 Å². The van der Waals surface area contributed by atoms with Crippen molar-refractivity contribution in [1.82, 2.24) is 16.0 Å². The first-order valence-corrected chi connectivity index (χ1v) is 21.2. The van der Waals surface area contributed by atoms with Gasteiger partial charge in [-0.05, 0) is 82.6 Å². The molecule has 0 aromatic heterocycles. The number of unbranched alkanes of at least 4 members (excludes halogenated alkanes) is 4. The van der Waals surface area contributed by atoms with Gasteiger partial charge in [0.15, 0.2) is 12.0 Å². The first-order chi connectivity index (χ1) is 28.9. The first kappa shape index (κ1) is 51.3. The molecule has 2 aromatic carbocycles. The van der Waals surface area contributed by atoms with Gasteiger partial charge in [0.1, 0.15) is 48.4 Å². The number of nitrogens with one attached hydrogen (secondary N) is 3. The minimum absolute atomic E-state index is 0.0615. The second kappa shape index (κ2) is 25.2. The molecule has 61 heavy (non-hydrogen) atoms. The number of esters is 1. The van der Waals surface area contributed by atoms with E-state index >= 15 is 0 Å². The lowest BCUT2D eigenvalue weighted by atomic mass is 9.96. The molecule has 6 N–H and O–H groups in total. The predicted molar refractivity (Wildman–Crippen MR) is 226 cm³/mol. The van der Waals surface area contributed by atoms with Crippen LogP contribution in [0.3, 0.4) is 0 Å². The number of hydrogen-bond acceptors (Lipinski definition) is 13. The summed E-state index contributed by atoms with van der Waals surface area (Å²) in [4.78, 5) is 62.5. The molecule has 18 heteroatoms. The van der Waals surface area contributed by atoms with Gasteiger partial charge in [0, 0.05) is 38.5 Å². The number of ketones is 1. The summed E-state index contributed by atoms with van der Waals surface area (Å²) in [5, 5.41) is 38.5. The Morgan fingerprint density at radius 1 is 0.918 bits per heavy atom. The largest absolute Gasteiger partial charge is 0.486 e. The average Bonchev–Trinajstić information content (AvgIpc) is 3.20. The predicted octanol–water partition coefficient (Wildman–Crippen LogP) is 4.87. The second-order valence-corrected chi connectivity index (χ2v) is 16.7. The number of amides is 3. The molecule has 0 unspecified atom stereocenters. The molecule has 1 saturated heterocycles. The van der Waals surface area contributed by atoms with Crippen molar-refractivity contribution in [3.8, 4) is 5.75 Å². The molecule has 2 aromatic rings. The van der Waals surface area contributed by atoms with Crippen molar-refractivity contribution in [3.63, 3.8) is 0 Å². The zero-order valence-electron chi connectivity index (χ0n) is 35.7. The maximum absolute atomic E-state index is 13.3. The van der Waals surface area contributed by atoms with Crippen molar-refractivity contribution < 1.29 is 63.0 Å². The number of benzene rings is 2. The topological polar surface area (TPSA) is 228 Å². The Labute approximate surface area is 367 Å². The number of hydrogen-bond donors (Lipinski definition) is 6. The van der Waals surface area contributed by atoms with E-state index in [1.54, 1.807) is 27.7 Å². The van der Waals surface area contributed by atoms with E-state index in [0.29, 0.717) is 57.1 Å². The highest BCUT2D eigenvalue weighted by atomic mass is 35.5. The summed E-state index contributed by atoms with van der Waals surface area (Å²) in [7, 11) is 2.55. The molecule has 3 amide bonds. The van der Waals surface area contributed by atoms with Crippen LogP contribution >= 0.6 is 23.2 Å². The van der Waals surface area contributed by atoms with Crippen molar-refractivity contribution in [1.29, 1.82) is 0 Å². The normalized spacial score (nSPS) is 19.4. The van der Waals surface area contributed by atoms with Gasteiger partial charge in [0.25, 0.3) is 5.91 Å². The number of methoxy groups -OCH3 is 2. The molecule has 0 spiro atoms. The highest BCUT2D eigenvalue weighted by Crippen LogP contribution is 2.38. The first-order valence-electron chi connectivity index (χ1n) is 20.4. The summed E-state index contributed by atoms with van der Waals surface area (Å²) in [5.74, 6) is -1.04. The second-order valence-electron chi connectivity index (χ2n) is 15.9. The monoisotopic (exact) mass is 897 g/mol. The van der Waals surface area contributed by atoms with Crippen LogP contribution in [0.2, 0.25) is 10.0 Å². The fourth-order valence-electron chi connectivity index (χ4n) is 6.62. The van der Waals surface area contributed by atoms with Crippen LogP contribution < -0.4 is 20.7 Å². The van der Waals surface area contributed by atoms with Crippen LogP contribution in [0.4, 0.5) is 4.79 Å². The molecule has 16 nitrogen and oxygen atoms in total. The van der Waals surface area contributed by atoms with Crippen molar-refractivity contribution in [2.45, 2.75) is 141 Å². The quantitative estimate of drug-likeness (QED) is 0.0648.